The number of aryl methyl sites for hydroxylation is 4. The molecule has 0 bridgehead atoms. The van der Waals surface area contributed by atoms with Gasteiger partial charge in [-0.1, -0.05) is 52.0 Å². The van der Waals surface area contributed by atoms with Gasteiger partial charge in [-0.2, -0.15) is 4.57 Å². The zero-order chi connectivity index (χ0) is 23.2. The van der Waals surface area contributed by atoms with E-state index in [1.165, 1.54) is 50.8 Å². The van der Waals surface area contributed by atoms with Crippen molar-refractivity contribution in [2.75, 3.05) is 0 Å². The summed E-state index contributed by atoms with van der Waals surface area (Å²) in [6.07, 6.45) is 4.40. The van der Waals surface area contributed by atoms with Crippen LogP contribution in [0.2, 0.25) is 0 Å². The van der Waals surface area contributed by atoms with E-state index in [-0.39, 0.29) is 0 Å². The number of para-hydroxylation sites is 1. The van der Waals surface area contributed by atoms with Crippen molar-refractivity contribution in [3.8, 4) is 22.8 Å². The van der Waals surface area contributed by atoms with E-state index in [1.807, 2.05) is 0 Å². The van der Waals surface area contributed by atoms with E-state index in [1.54, 1.807) is 0 Å². The predicted octanol–water partition coefficient (Wildman–Crippen LogP) is 6.93. The summed E-state index contributed by atoms with van der Waals surface area (Å²) in [5.74, 6) is 2.10. The maximum atomic E-state index is 2.41. The fourth-order valence-electron chi connectivity index (χ4n) is 4.83. The van der Waals surface area contributed by atoms with E-state index in [9.17, 15) is 0 Å². The van der Waals surface area contributed by atoms with Crippen molar-refractivity contribution in [1.29, 1.82) is 0 Å². The third-order valence-electron chi connectivity index (χ3n) is 6.58. The maximum Gasteiger partial charge on any atom is 0.294 e. The summed E-state index contributed by atoms with van der Waals surface area (Å²) in [4.78, 5) is 0. The van der Waals surface area contributed by atoms with Crippen LogP contribution in [0.3, 0.4) is 0 Å². The molecular formula is C29H36N3+. The normalized spacial score (nSPS) is 11.7. The summed E-state index contributed by atoms with van der Waals surface area (Å²) in [7, 11) is 2.15. The highest BCUT2D eigenvalue weighted by atomic mass is 15.1. The third kappa shape index (κ3) is 3.70. The summed E-state index contributed by atoms with van der Waals surface area (Å²) in [5, 5.41) is 0. The van der Waals surface area contributed by atoms with Crippen LogP contribution in [0, 0.1) is 20.8 Å². The zero-order valence-electron chi connectivity index (χ0n) is 20.8. The minimum atomic E-state index is 0.446. The molecule has 0 aliphatic heterocycles. The molecule has 0 unspecified atom stereocenters. The van der Waals surface area contributed by atoms with E-state index in [0.29, 0.717) is 11.8 Å². The highest BCUT2D eigenvalue weighted by molar-refractivity contribution is 5.66. The number of nitrogens with zero attached hydrogens (tertiary/aromatic N) is 3. The molecule has 2 aromatic heterocycles. The minimum absolute atomic E-state index is 0.446. The molecule has 4 aromatic rings. The van der Waals surface area contributed by atoms with Gasteiger partial charge in [0, 0.05) is 28.2 Å². The van der Waals surface area contributed by atoms with Crippen LogP contribution >= 0.6 is 0 Å². The number of hydrogen-bond donors (Lipinski definition) is 0. The highest BCUT2D eigenvalue weighted by Gasteiger charge is 2.27. The molecule has 0 N–H and O–H groups in total. The maximum absolute atomic E-state index is 2.41. The van der Waals surface area contributed by atoms with Crippen molar-refractivity contribution >= 4 is 0 Å². The second kappa shape index (κ2) is 8.46. The van der Waals surface area contributed by atoms with Gasteiger partial charge in [0.05, 0.1) is 12.6 Å². The first-order valence-corrected chi connectivity index (χ1v) is 11.7. The fourth-order valence-corrected chi connectivity index (χ4v) is 4.83. The summed E-state index contributed by atoms with van der Waals surface area (Å²) >= 11 is 0. The number of imidazole rings is 1. The van der Waals surface area contributed by atoms with Gasteiger partial charge in [0.25, 0.3) is 5.82 Å². The summed E-state index contributed by atoms with van der Waals surface area (Å²) < 4.78 is 6.99. The largest absolute Gasteiger partial charge is 0.318 e. The molecule has 4 rings (SSSR count). The predicted molar refractivity (Wildman–Crippen MR) is 134 cm³/mol. The van der Waals surface area contributed by atoms with Crippen LogP contribution in [0.25, 0.3) is 22.8 Å². The van der Waals surface area contributed by atoms with Crippen molar-refractivity contribution < 1.29 is 4.57 Å². The topological polar surface area (TPSA) is 13.7 Å². The lowest BCUT2D eigenvalue weighted by Crippen LogP contribution is -2.29. The van der Waals surface area contributed by atoms with E-state index in [0.717, 1.165) is 0 Å². The smallest absolute Gasteiger partial charge is 0.294 e. The van der Waals surface area contributed by atoms with Crippen molar-refractivity contribution in [2.24, 2.45) is 7.05 Å². The van der Waals surface area contributed by atoms with Crippen LogP contribution < -0.4 is 4.57 Å². The summed E-state index contributed by atoms with van der Waals surface area (Å²) in [6.45, 7) is 15.7. The van der Waals surface area contributed by atoms with Crippen LogP contribution in [0.4, 0.5) is 0 Å². The summed E-state index contributed by atoms with van der Waals surface area (Å²) in [6, 6.07) is 18.0. The van der Waals surface area contributed by atoms with E-state index < -0.39 is 0 Å². The Kier molecular flexibility index (Phi) is 5.85. The molecule has 32 heavy (non-hydrogen) atoms. The Bertz CT molecular complexity index is 1220. The Labute approximate surface area is 193 Å². The van der Waals surface area contributed by atoms with E-state index >= 15 is 0 Å². The Morgan fingerprint density at radius 3 is 1.94 bits per heavy atom. The van der Waals surface area contributed by atoms with Crippen molar-refractivity contribution in [3.05, 3.63) is 89.0 Å². The molecule has 2 heterocycles. The second-order valence-electron chi connectivity index (χ2n) is 9.65. The first-order chi connectivity index (χ1) is 15.2. The van der Waals surface area contributed by atoms with Crippen LogP contribution in [-0.4, -0.2) is 9.13 Å². The van der Waals surface area contributed by atoms with Crippen molar-refractivity contribution in [3.63, 3.8) is 0 Å². The molecule has 0 fully saturated rings. The van der Waals surface area contributed by atoms with Gasteiger partial charge in [-0.15, -0.1) is 0 Å². The van der Waals surface area contributed by atoms with Gasteiger partial charge < -0.3 is 4.57 Å². The molecule has 2 aromatic carbocycles. The molecule has 0 amide bonds. The SMILES string of the molecule is Cc1ccc(-n2c(C)ccc2C)cc1-c1n(-c2c(C(C)C)cccc2C(C)C)cc[n+]1C. The fraction of sp³-hybridized carbons (Fsp3) is 0.345. The van der Waals surface area contributed by atoms with Gasteiger partial charge in [0.2, 0.25) is 0 Å². The first kappa shape index (κ1) is 22.1. The van der Waals surface area contributed by atoms with Crippen LogP contribution in [0.5, 0.6) is 0 Å². The average Bonchev–Trinajstić information content (AvgIpc) is 3.29. The lowest BCUT2D eigenvalue weighted by molar-refractivity contribution is -0.659. The molecule has 0 radical (unpaired) electrons. The first-order valence-electron chi connectivity index (χ1n) is 11.7. The van der Waals surface area contributed by atoms with E-state index in [2.05, 4.69) is 130 Å². The van der Waals surface area contributed by atoms with Gasteiger partial charge in [-0.25, -0.2) is 4.57 Å². The molecule has 0 spiro atoms. The Balaban J connectivity index is 2.00. The number of hydrogen-bond acceptors (Lipinski definition) is 0. The standard InChI is InChI=1S/C29H36N3/c1-19(2)25-10-9-11-26(20(3)4)28(25)31-17-16-30(8)29(31)27-18-24(15-12-21(27)5)32-22(6)13-14-23(32)7/h9-20H,1-8H3/q+1. The Morgan fingerprint density at radius 1 is 0.781 bits per heavy atom. The lowest BCUT2D eigenvalue weighted by Gasteiger charge is -2.18. The van der Waals surface area contributed by atoms with Crippen LogP contribution in [0.15, 0.2) is 60.9 Å². The molecule has 0 saturated heterocycles. The van der Waals surface area contributed by atoms with Crippen molar-refractivity contribution in [2.45, 2.75) is 60.3 Å². The molecule has 3 nitrogen and oxygen atoms in total. The van der Waals surface area contributed by atoms with Gasteiger partial charge in [0.15, 0.2) is 0 Å². The second-order valence-corrected chi connectivity index (χ2v) is 9.65. The van der Waals surface area contributed by atoms with Gasteiger partial charge in [-0.3, -0.25) is 0 Å². The zero-order valence-corrected chi connectivity index (χ0v) is 20.8. The third-order valence-corrected chi connectivity index (χ3v) is 6.58. The molecule has 0 saturated carbocycles. The molecular weight excluding hydrogens is 390 g/mol. The monoisotopic (exact) mass is 426 g/mol. The lowest BCUT2D eigenvalue weighted by atomic mass is 9.92. The Morgan fingerprint density at radius 2 is 1.38 bits per heavy atom. The van der Waals surface area contributed by atoms with E-state index in [4.69, 9.17) is 0 Å². The van der Waals surface area contributed by atoms with Gasteiger partial charge in [0.1, 0.15) is 18.1 Å². The molecule has 0 aliphatic carbocycles. The quantitative estimate of drug-likeness (QED) is 0.307. The molecule has 0 atom stereocenters. The molecule has 0 aliphatic rings. The van der Waals surface area contributed by atoms with Gasteiger partial charge >= 0.3 is 0 Å². The highest BCUT2D eigenvalue weighted by Crippen LogP contribution is 2.34. The molecule has 3 heteroatoms. The molecule has 166 valence electrons. The van der Waals surface area contributed by atoms with Crippen LogP contribution in [-0.2, 0) is 7.05 Å². The number of benzene rings is 2. The van der Waals surface area contributed by atoms with Crippen LogP contribution in [0.1, 0.15) is 67.6 Å². The number of rotatable bonds is 5. The van der Waals surface area contributed by atoms with Crippen molar-refractivity contribution in [1.82, 2.24) is 9.13 Å². The minimum Gasteiger partial charge on any atom is -0.318 e. The van der Waals surface area contributed by atoms with Gasteiger partial charge in [-0.05, 0) is 62.4 Å². The average molecular weight is 427 g/mol. The number of aromatic nitrogens is 3. The summed E-state index contributed by atoms with van der Waals surface area (Å²) in [5.41, 5.74) is 10.4. The Hall–Kier alpha value is -3.07.